The topological polar surface area (TPSA) is 53.3 Å². The van der Waals surface area contributed by atoms with E-state index in [1.807, 2.05) is 56.3 Å². The summed E-state index contributed by atoms with van der Waals surface area (Å²) in [5, 5.41) is 8.83. The minimum atomic E-state index is -0.340. The summed E-state index contributed by atoms with van der Waals surface area (Å²) in [4.78, 5) is 14.0. The smallest absolute Gasteiger partial charge is 0.410 e. The minimum absolute atomic E-state index is 0.0221. The number of amides is 1. The predicted molar refractivity (Wildman–Crippen MR) is 88.5 cm³/mol. The summed E-state index contributed by atoms with van der Waals surface area (Å²) in [5.74, 6) is 0. The zero-order valence-electron chi connectivity index (χ0n) is 13.4. The van der Waals surface area contributed by atoms with Gasteiger partial charge < -0.3 is 9.64 Å². The summed E-state index contributed by atoms with van der Waals surface area (Å²) >= 11 is 0. The molecule has 2 rings (SSSR count). The molecule has 1 amide bonds. The van der Waals surface area contributed by atoms with Gasteiger partial charge in [-0.1, -0.05) is 42.5 Å². The normalized spacial score (nSPS) is 10.2. The highest BCUT2D eigenvalue weighted by Gasteiger charge is 2.18. The molecule has 0 spiro atoms. The summed E-state index contributed by atoms with van der Waals surface area (Å²) in [6.45, 7) is 4.62. The zero-order valence-corrected chi connectivity index (χ0v) is 13.4. The van der Waals surface area contributed by atoms with Crippen molar-refractivity contribution in [1.82, 2.24) is 4.90 Å². The molecule has 23 heavy (non-hydrogen) atoms. The van der Waals surface area contributed by atoms with E-state index in [9.17, 15) is 4.79 Å². The molecule has 0 bridgehead atoms. The van der Waals surface area contributed by atoms with Crippen molar-refractivity contribution in [2.45, 2.75) is 33.0 Å². The predicted octanol–water partition coefficient (Wildman–Crippen LogP) is 4.11. The molecule has 0 saturated heterocycles. The number of hydrogen-bond acceptors (Lipinski definition) is 3. The van der Waals surface area contributed by atoms with Crippen LogP contribution < -0.4 is 0 Å². The Morgan fingerprint density at radius 2 is 1.74 bits per heavy atom. The first-order valence-corrected chi connectivity index (χ1v) is 7.56. The average molecular weight is 308 g/mol. The standard InChI is InChI=1S/C19H20N2O2/c1-15(2)21(13-17-10-8-16(12-20)9-11-17)19(22)23-14-18-6-4-3-5-7-18/h3-11,15H,13-14H2,1-2H3. The van der Waals surface area contributed by atoms with Crippen LogP contribution in [0.1, 0.15) is 30.5 Å². The first-order valence-electron chi connectivity index (χ1n) is 7.56. The molecule has 4 nitrogen and oxygen atoms in total. The van der Waals surface area contributed by atoms with Crippen LogP contribution in [0.4, 0.5) is 4.79 Å². The van der Waals surface area contributed by atoms with E-state index >= 15 is 0 Å². The van der Waals surface area contributed by atoms with Gasteiger partial charge in [0.1, 0.15) is 6.61 Å². The van der Waals surface area contributed by atoms with Crippen LogP contribution in [0.5, 0.6) is 0 Å². The van der Waals surface area contributed by atoms with Crippen molar-refractivity contribution in [2.75, 3.05) is 0 Å². The average Bonchev–Trinajstić information content (AvgIpc) is 2.58. The molecule has 0 N–H and O–H groups in total. The van der Waals surface area contributed by atoms with Crippen LogP contribution in [0.15, 0.2) is 54.6 Å². The van der Waals surface area contributed by atoms with Crippen molar-refractivity contribution >= 4 is 6.09 Å². The molecule has 0 saturated carbocycles. The highest BCUT2D eigenvalue weighted by Crippen LogP contribution is 2.12. The molecule has 4 heteroatoms. The Hall–Kier alpha value is -2.80. The van der Waals surface area contributed by atoms with Crippen molar-refractivity contribution in [3.8, 4) is 6.07 Å². The minimum Gasteiger partial charge on any atom is -0.445 e. The SMILES string of the molecule is CC(C)N(Cc1ccc(C#N)cc1)C(=O)OCc1ccccc1. The van der Waals surface area contributed by atoms with Crippen molar-refractivity contribution in [3.05, 3.63) is 71.3 Å². The highest BCUT2D eigenvalue weighted by molar-refractivity contribution is 5.68. The lowest BCUT2D eigenvalue weighted by molar-refractivity contribution is 0.0829. The number of ether oxygens (including phenoxy) is 1. The van der Waals surface area contributed by atoms with Crippen LogP contribution in [0, 0.1) is 11.3 Å². The van der Waals surface area contributed by atoms with Crippen molar-refractivity contribution in [2.24, 2.45) is 0 Å². The first kappa shape index (κ1) is 16.6. The van der Waals surface area contributed by atoms with E-state index in [-0.39, 0.29) is 18.7 Å². The molecule has 2 aromatic rings. The summed E-state index contributed by atoms with van der Waals surface area (Å²) in [6.07, 6.45) is -0.340. The van der Waals surface area contributed by atoms with Gasteiger partial charge in [0, 0.05) is 12.6 Å². The molecule has 0 aliphatic rings. The van der Waals surface area contributed by atoms with Crippen LogP contribution in [0.3, 0.4) is 0 Å². The molecule has 0 fully saturated rings. The number of hydrogen-bond donors (Lipinski definition) is 0. The van der Waals surface area contributed by atoms with Crippen LogP contribution in [-0.4, -0.2) is 17.0 Å². The fourth-order valence-corrected chi connectivity index (χ4v) is 2.14. The van der Waals surface area contributed by atoms with Gasteiger partial charge in [0.25, 0.3) is 0 Å². The maximum absolute atomic E-state index is 12.3. The van der Waals surface area contributed by atoms with Gasteiger partial charge in [-0.05, 0) is 37.1 Å². The highest BCUT2D eigenvalue weighted by atomic mass is 16.6. The van der Waals surface area contributed by atoms with Gasteiger partial charge in [0.2, 0.25) is 0 Å². The number of benzene rings is 2. The molecule has 0 heterocycles. The van der Waals surface area contributed by atoms with Gasteiger partial charge in [-0.25, -0.2) is 4.79 Å². The van der Waals surface area contributed by atoms with Crippen LogP contribution >= 0.6 is 0 Å². The number of nitriles is 1. The van der Waals surface area contributed by atoms with Crippen LogP contribution in [-0.2, 0) is 17.9 Å². The third kappa shape index (κ3) is 4.86. The van der Waals surface area contributed by atoms with Crippen LogP contribution in [0.2, 0.25) is 0 Å². The summed E-state index contributed by atoms with van der Waals surface area (Å²) < 4.78 is 5.40. The maximum Gasteiger partial charge on any atom is 0.410 e. The molecule has 0 radical (unpaired) electrons. The number of nitrogens with zero attached hydrogens (tertiary/aromatic N) is 2. The van der Waals surface area contributed by atoms with Crippen molar-refractivity contribution in [1.29, 1.82) is 5.26 Å². The molecular formula is C19H20N2O2. The lowest BCUT2D eigenvalue weighted by Crippen LogP contribution is -2.36. The van der Waals surface area contributed by atoms with E-state index in [1.165, 1.54) is 0 Å². The Morgan fingerprint density at radius 3 is 2.30 bits per heavy atom. The Kier molecular flexibility index (Phi) is 5.76. The van der Waals surface area contributed by atoms with E-state index in [2.05, 4.69) is 6.07 Å². The van der Waals surface area contributed by atoms with Gasteiger partial charge >= 0.3 is 6.09 Å². The molecule has 0 unspecified atom stereocenters. The molecule has 0 aromatic heterocycles. The maximum atomic E-state index is 12.3. The van der Waals surface area contributed by atoms with E-state index in [0.29, 0.717) is 12.1 Å². The van der Waals surface area contributed by atoms with E-state index in [0.717, 1.165) is 11.1 Å². The Balaban J connectivity index is 1.99. The van der Waals surface area contributed by atoms with E-state index < -0.39 is 0 Å². The van der Waals surface area contributed by atoms with Crippen LogP contribution in [0.25, 0.3) is 0 Å². The second-order valence-electron chi connectivity index (χ2n) is 5.57. The molecule has 2 aromatic carbocycles. The van der Waals surface area contributed by atoms with E-state index in [1.54, 1.807) is 17.0 Å². The van der Waals surface area contributed by atoms with Gasteiger partial charge in [0.15, 0.2) is 0 Å². The number of rotatable bonds is 5. The second-order valence-corrected chi connectivity index (χ2v) is 5.57. The van der Waals surface area contributed by atoms with Gasteiger partial charge in [-0.2, -0.15) is 5.26 Å². The molecule has 0 aliphatic carbocycles. The Morgan fingerprint density at radius 1 is 1.09 bits per heavy atom. The summed E-state index contributed by atoms with van der Waals surface area (Å²) in [7, 11) is 0. The Labute approximate surface area is 136 Å². The third-order valence-electron chi connectivity index (χ3n) is 3.50. The van der Waals surface area contributed by atoms with Gasteiger partial charge in [-0.3, -0.25) is 0 Å². The lowest BCUT2D eigenvalue weighted by atomic mass is 10.1. The number of carbonyl (C=O) groups excluding carboxylic acids is 1. The summed E-state index contributed by atoms with van der Waals surface area (Å²) in [5.41, 5.74) is 2.54. The molecular weight excluding hydrogens is 288 g/mol. The molecule has 118 valence electrons. The lowest BCUT2D eigenvalue weighted by Gasteiger charge is -2.26. The quantitative estimate of drug-likeness (QED) is 0.835. The third-order valence-corrected chi connectivity index (χ3v) is 3.50. The number of carbonyl (C=O) groups is 1. The zero-order chi connectivity index (χ0) is 16.7. The monoisotopic (exact) mass is 308 g/mol. The van der Waals surface area contributed by atoms with Crippen molar-refractivity contribution < 1.29 is 9.53 Å². The van der Waals surface area contributed by atoms with E-state index in [4.69, 9.17) is 10.00 Å². The van der Waals surface area contributed by atoms with Gasteiger partial charge in [-0.15, -0.1) is 0 Å². The Bertz CT molecular complexity index is 673. The largest absolute Gasteiger partial charge is 0.445 e. The fourth-order valence-electron chi connectivity index (χ4n) is 2.14. The van der Waals surface area contributed by atoms with Gasteiger partial charge in [0.05, 0.1) is 11.6 Å². The first-order chi connectivity index (χ1) is 11.1. The fraction of sp³-hybridized carbons (Fsp3) is 0.263. The second kappa shape index (κ2) is 8.00. The summed E-state index contributed by atoms with van der Waals surface area (Å²) in [6, 6.07) is 18.9. The molecule has 0 atom stereocenters. The van der Waals surface area contributed by atoms with Crippen molar-refractivity contribution in [3.63, 3.8) is 0 Å². The molecule has 0 aliphatic heterocycles.